The van der Waals surface area contributed by atoms with E-state index in [4.69, 9.17) is 9.47 Å². The molecule has 0 N–H and O–H groups in total. The Kier molecular flexibility index (Phi) is 3.93. The normalized spacial score (nSPS) is 10.8. The van der Waals surface area contributed by atoms with Gasteiger partial charge in [0.15, 0.2) is 11.5 Å². The third kappa shape index (κ3) is 2.67. The minimum atomic E-state index is 0.644. The van der Waals surface area contributed by atoms with E-state index in [0.717, 1.165) is 10.0 Å². The lowest BCUT2D eigenvalue weighted by molar-refractivity contribution is 0.354. The standard InChI is InChI=1S/C11H11BrN4O2/c1-17-10-3-8(9(12)4-11(10)18-2)5-15-16-6-13-14-7-16/h3-7H,1-2H3/b15-5-. The fraction of sp³-hybridized carbons (Fsp3) is 0.182. The molecule has 1 aromatic heterocycles. The van der Waals surface area contributed by atoms with Crippen LogP contribution < -0.4 is 9.47 Å². The van der Waals surface area contributed by atoms with Crippen LogP contribution in [0, 0.1) is 0 Å². The first kappa shape index (κ1) is 12.6. The Labute approximate surface area is 112 Å². The van der Waals surface area contributed by atoms with Crippen molar-refractivity contribution in [3.05, 3.63) is 34.8 Å². The summed E-state index contributed by atoms with van der Waals surface area (Å²) < 4.78 is 12.8. The first-order chi connectivity index (χ1) is 8.74. The maximum Gasteiger partial charge on any atom is 0.161 e. The molecular formula is C11H11BrN4O2. The first-order valence-electron chi connectivity index (χ1n) is 5.05. The van der Waals surface area contributed by atoms with Crippen molar-refractivity contribution in [3.63, 3.8) is 0 Å². The van der Waals surface area contributed by atoms with E-state index in [2.05, 4.69) is 31.2 Å². The van der Waals surface area contributed by atoms with Crippen LogP contribution in [-0.4, -0.2) is 35.3 Å². The summed E-state index contributed by atoms with van der Waals surface area (Å²) in [5, 5.41) is 11.5. The fourth-order valence-corrected chi connectivity index (χ4v) is 1.78. The molecule has 6 nitrogen and oxygen atoms in total. The van der Waals surface area contributed by atoms with Crippen molar-refractivity contribution in [2.75, 3.05) is 14.2 Å². The third-order valence-electron chi connectivity index (χ3n) is 2.24. The average Bonchev–Trinajstić information content (AvgIpc) is 2.90. The van der Waals surface area contributed by atoms with Crippen molar-refractivity contribution in [1.29, 1.82) is 0 Å². The van der Waals surface area contributed by atoms with Crippen molar-refractivity contribution in [3.8, 4) is 11.5 Å². The molecule has 2 aromatic rings. The summed E-state index contributed by atoms with van der Waals surface area (Å²) >= 11 is 3.45. The number of ether oxygens (including phenoxy) is 2. The maximum absolute atomic E-state index is 5.23. The van der Waals surface area contributed by atoms with Crippen LogP contribution in [0.5, 0.6) is 11.5 Å². The van der Waals surface area contributed by atoms with Gasteiger partial charge < -0.3 is 9.47 Å². The molecule has 0 unspecified atom stereocenters. The zero-order valence-electron chi connectivity index (χ0n) is 9.87. The summed E-state index contributed by atoms with van der Waals surface area (Å²) in [5.74, 6) is 1.30. The average molecular weight is 311 g/mol. The van der Waals surface area contributed by atoms with Gasteiger partial charge in [0, 0.05) is 10.0 Å². The monoisotopic (exact) mass is 310 g/mol. The predicted molar refractivity (Wildman–Crippen MR) is 70.3 cm³/mol. The van der Waals surface area contributed by atoms with E-state index in [1.54, 1.807) is 20.4 Å². The van der Waals surface area contributed by atoms with Crippen LogP contribution in [0.2, 0.25) is 0 Å². The maximum atomic E-state index is 5.23. The topological polar surface area (TPSA) is 61.5 Å². The lowest BCUT2D eigenvalue weighted by atomic mass is 10.2. The summed E-state index contributed by atoms with van der Waals surface area (Å²) in [7, 11) is 3.18. The summed E-state index contributed by atoms with van der Waals surface area (Å²) in [4.78, 5) is 0. The molecule has 1 heterocycles. The number of nitrogens with zero attached hydrogens (tertiary/aromatic N) is 4. The minimum absolute atomic E-state index is 0.644. The molecule has 0 aliphatic rings. The zero-order chi connectivity index (χ0) is 13.0. The lowest BCUT2D eigenvalue weighted by Gasteiger charge is -2.09. The van der Waals surface area contributed by atoms with Crippen LogP contribution in [0.3, 0.4) is 0 Å². The second kappa shape index (κ2) is 5.63. The lowest BCUT2D eigenvalue weighted by Crippen LogP contribution is -1.94. The molecule has 0 aliphatic carbocycles. The highest BCUT2D eigenvalue weighted by atomic mass is 79.9. The highest BCUT2D eigenvalue weighted by Gasteiger charge is 2.08. The molecule has 7 heteroatoms. The van der Waals surface area contributed by atoms with Gasteiger partial charge in [-0.1, -0.05) is 0 Å². The zero-order valence-corrected chi connectivity index (χ0v) is 11.5. The van der Waals surface area contributed by atoms with E-state index in [9.17, 15) is 0 Å². The number of aromatic nitrogens is 3. The van der Waals surface area contributed by atoms with Crippen molar-refractivity contribution >= 4 is 22.1 Å². The summed E-state index contributed by atoms with van der Waals surface area (Å²) in [5.41, 5.74) is 0.862. The fourth-order valence-electron chi connectivity index (χ4n) is 1.35. The van der Waals surface area contributed by atoms with Crippen LogP contribution in [0.25, 0.3) is 0 Å². The quantitative estimate of drug-likeness (QED) is 0.810. The third-order valence-corrected chi connectivity index (χ3v) is 2.93. The van der Waals surface area contributed by atoms with Gasteiger partial charge in [-0.25, -0.2) is 4.68 Å². The van der Waals surface area contributed by atoms with Gasteiger partial charge in [-0.2, -0.15) is 5.10 Å². The number of benzene rings is 1. The van der Waals surface area contributed by atoms with E-state index in [-0.39, 0.29) is 0 Å². The Balaban J connectivity index is 2.33. The van der Waals surface area contributed by atoms with E-state index >= 15 is 0 Å². The highest BCUT2D eigenvalue weighted by molar-refractivity contribution is 9.10. The molecule has 0 bridgehead atoms. The minimum Gasteiger partial charge on any atom is -0.493 e. The van der Waals surface area contributed by atoms with Crippen molar-refractivity contribution in [2.24, 2.45) is 5.10 Å². The SMILES string of the molecule is COc1cc(Br)c(/C=N\n2cnnc2)cc1OC. The Bertz CT molecular complexity index is 554. The molecule has 1 aromatic carbocycles. The molecule has 2 rings (SSSR count). The molecule has 0 saturated carbocycles. The Morgan fingerprint density at radius 1 is 1.17 bits per heavy atom. The van der Waals surface area contributed by atoms with E-state index in [0.29, 0.717) is 11.5 Å². The molecule has 0 radical (unpaired) electrons. The number of hydrogen-bond donors (Lipinski definition) is 0. The van der Waals surface area contributed by atoms with E-state index < -0.39 is 0 Å². The number of methoxy groups -OCH3 is 2. The van der Waals surface area contributed by atoms with Crippen LogP contribution in [0.15, 0.2) is 34.4 Å². The van der Waals surface area contributed by atoms with Gasteiger partial charge in [0.2, 0.25) is 0 Å². The van der Waals surface area contributed by atoms with Crippen LogP contribution in [-0.2, 0) is 0 Å². The summed E-state index contributed by atoms with van der Waals surface area (Å²) in [6.07, 6.45) is 4.69. The molecule has 0 aliphatic heterocycles. The largest absolute Gasteiger partial charge is 0.493 e. The van der Waals surface area contributed by atoms with Gasteiger partial charge in [-0.3, -0.25) is 0 Å². The van der Waals surface area contributed by atoms with Crippen molar-refractivity contribution < 1.29 is 9.47 Å². The predicted octanol–water partition coefficient (Wildman–Crippen LogP) is 1.94. The molecule has 0 saturated heterocycles. The van der Waals surface area contributed by atoms with Gasteiger partial charge >= 0.3 is 0 Å². The first-order valence-corrected chi connectivity index (χ1v) is 5.84. The molecule has 0 fully saturated rings. The smallest absolute Gasteiger partial charge is 0.161 e. The van der Waals surface area contributed by atoms with Crippen molar-refractivity contribution in [1.82, 2.24) is 14.9 Å². The van der Waals surface area contributed by atoms with Gasteiger partial charge in [-0.15, -0.1) is 10.2 Å². The number of rotatable bonds is 4. The second-order valence-corrected chi connectivity index (χ2v) is 4.17. The molecule has 0 amide bonds. The summed E-state index contributed by atoms with van der Waals surface area (Å²) in [6, 6.07) is 3.66. The molecular weight excluding hydrogens is 300 g/mol. The summed E-state index contributed by atoms with van der Waals surface area (Å²) in [6.45, 7) is 0. The van der Waals surface area contributed by atoms with Crippen molar-refractivity contribution in [2.45, 2.75) is 0 Å². The molecule has 0 spiro atoms. The Morgan fingerprint density at radius 2 is 1.78 bits per heavy atom. The van der Waals surface area contributed by atoms with Gasteiger partial charge in [0.1, 0.15) is 12.7 Å². The number of halogens is 1. The Morgan fingerprint density at radius 3 is 2.39 bits per heavy atom. The Hall–Kier alpha value is -1.89. The van der Waals surface area contributed by atoms with E-state index in [1.807, 2.05) is 12.1 Å². The van der Waals surface area contributed by atoms with Crippen LogP contribution >= 0.6 is 15.9 Å². The van der Waals surface area contributed by atoms with Gasteiger partial charge in [-0.05, 0) is 28.1 Å². The van der Waals surface area contributed by atoms with E-state index in [1.165, 1.54) is 17.3 Å². The van der Waals surface area contributed by atoms with Gasteiger partial charge in [0.25, 0.3) is 0 Å². The molecule has 94 valence electrons. The van der Waals surface area contributed by atoms with Crippen LogP contribution in [0.1, 0.15) is 5.56 Å². The molecule has 0 atom stereocenters. The highest BCUT2D eigenvalue weighted by Crippen LogP contribution is 2.32. The molecule has 18 heavy (non-hydrogen) atoms. The van der Waals surface area contributed by atoms with Gasteiger partial charge in [0.05, 0.1) is 20.4 Å². The second-order valence-electron chi connectivity index (χ2n) is 3.32. The van der Waals surface area contributed by atoms with Crippen LogP contribution in [0.4, 0.5) is 0 Å². The number of hydrogen-bond acceptors (Lipinski definition) is 5.